The van der Waals surface area contributed by atoms with Crippen molar-refractivity contribution in [3.8, 4) is 0 Å². The number of amidine groups is 1. The fourth-order valence-corrected chi connectivity index (χ4v) is 1.56. The molecular formula is C8H12N4O2S. The molecule has 0 radical (unpaired) electrons. The van der Waals surface area contributed by atoms with Gasteiger partial charge in [-0.25, -0.2) is 9.78 Å². The second kappa shape index (κ2) is 6.07. The topological polar surface area (TPSA) is 104 Å². The lowest BCUT2D eigenvalue weighted by Gasteiger charge is -1.96. The molecule has 0 aliphatic carbocycles. The van der Waals surface area contributed by atoms with Gasteiger partial charge in [-0.2, -0.15) is 11.8 Å². The number of nitrogens with one attached hydrogen (secondary N) is 1. The van der Waals surface area contributed by atoms with Gasteiger partial charge in [-0.15, -0.1) is 0 Å². The average molecular weight is 228 g/mol. The van der Waals surface area contributed by atoms with Gasteiger partial charge in [0.15, 0.2) is 0 Å². The maximum atomic E-state index is 10.3. The Labute approximate surface area is 91.0 Å². The third-order valence-corrected chi connectivity index (χ3v) is 2.48. The Morgan fingerprint density at radius 1 is 1.73 bits per heavy atom. The summed E-state index contributed by atoms with van der Waals surface area (Å²) in [4.78, 5) is 21.0. The minimum atomic E-state index is -1.17. The number of imidazole rings is 1. The van der Waals surface area contributed by atoms with Crippen LogP contribution in [0.2, 0.25) is 0 Å². The molecule has 1 aromatic heterocycles. The number of aromatic amines is 1. The number of carboxylic acids is 1. The first kappa shape index (κ1) is 11.6. The number of thioether (sulfide) groups is 1. The molecule has 0 fully saturated rings. The first-order valence-corrected chi connectivity index (χ1v) is 5.45. The van der Waals surface area contributed by atoms with Crippen LogP contribution in [0.3, 0.4) is 0 Å². The number of H-pyrrole nitrogens is 1. The van der Waals surface area contributed by atoms with E-state index in [4.69, 9.17) is 10.8 Å². The predicted octanol–water partition coefficient (Wildman–Crippen LogP) is 0.0847. The van der Waals surface area contributed by atoms with E-state index in [1.165, 1.54) is 0 Å². The van der Waals surface area contributed by atoms with E-state index >= 15 is 0 Å². The summed E-state index contributed by atoms with van der Waals surface area (Å²) in [6.45, 7) is 0.406. The Morgan fingerprint density at radius 2 is 2.53 bits per heavy atom. The number of carbonyl (C=O) groups is 1. The molecule has 0 aliphatic heterocycles. The van der Waals surface area contributed by atoms with E-state index in [0.717, 1.165) is 11.6 Å². The lowest BCUT2D eigenvalue weighted by molar-refractivity contribution is -0.129. The number of aliphatic imine (C=N–C) groups is 1. The molecule has 7 heteroatoms. The molecule has 0 unspecified atom stereocenters. The number of carboxylic acid groups (broad SMARTS) is 1. The summed E-state index contributed by atoms with van der Waals surface area (Å²) in [7, 11) is 0. The number of rotatable bonds is 5. The smallest absolute Gasteiger partial charge is 0.370 e. The first-order chi connectivity index (χ1) is 7.20. The highest BCUT2D eigenvalue weighted by Gasteiger charge is 2.01. The van der Waals surface area contributed by atoms with E-state index < -0.39 is 5.97 Å². The van der Waals surface area contributed by atoms with Crippen molar-refractivity contribution in [2.24, 2.45) is 10.7 Å². The van der Waals surface area contributed by atoms with Crippen LogP contribution in [0, 0.1) is 0 Å². The summed E-state index contributed by atoms with van der Waals surface area (Å²) < 4.78 is 0. The molecule has 4 N–H and O–H groups in total. The molecule has 0 aromatic carbocycles. The zero-order valence-electron chi connectivity index (χ0n) is 8.01. The average Bonchev–Trinajstić information content (AvgIpc) is 2.69. The second-order valence-corrected chi connectivity index (χ2v) is 3.77. The van der Waals surface area contributed by atoms with Crippen molar-refractivity contribution in [1.29, 1.82) is 0 Å². The number of hydrogen-bond acceptors (Lipinski definition) is 4. The number of aliphatic carboxylic acids is 1. The van der Waals surface area contributed by atoms with Crippen LogP contribution in [-0.2, 0) is 10.5 Å². The van der Waals surface area contributed by atoms with Crippen molar-refractivity contribution in [3.63, 3.8) is 0 Å². The van der Waals surface area contributed by atoms with E-state index in [2.05, 4.69) is 15.0 Å². The van der Waals surface area contributed by atoms with E-state index in [-0.39, 0.29) is 5.84 Å². The maximum absolute atomic E-state index is 10.3. The van der Waals surface area contributed by atoms with Crippen LogP contribution in [0.25, 0.3) is 0 Å². The Bertz CT molecular complexity index is 336. The molecule has 0 amide bonds. The van der Waals surface area contributed by atoms with Gasteiger partial charge in [-0.1, -0.05) is 0 Å². The number of hydrogen-bond donors (Lipinski definition) is 3. The minimum absolute atomic E-state index is 0.339. The van der Waals surface area contributed by atoms with Gasteiger partial charge < -0.3 is 15.8 Å². The van der Waals surface area contributed by atoms with Gasteiger partial charge in [0, 0.05) is 18.1 Å². The third-order valence-electron chi connectivity index (χ3n) is 1.53. The van der Waals surface area contributed by atoms with Gasteiger partial charge >= 0.3 is 5.97 Å². The fourth-order valence-electron chi connectivity index (χ4n) is 0.844. The second-order valence-electron chi connectivity index (χ2n) is 2.66. The standard InChI is InChI=1S/C8H12N4O2S/c9-7(8(13)14)12-3-4-15-5-6-10-1-2-11-6/h1-2H,3-5H2,(H2,9,12)(H,10,11)(H,13,14). The number of aromatic nitrogens is 2. The van der Waals surface area contributed by atoms with Crippen LogP contribution in [-0.4, -0.2) is 39.2 Å². The molecule has 0 saturated carbocycles. The molecule has 1 rings (SSSR count). The molecule has 0 atom stereocenters. The van der Waals surface area contributed by atoms with Crippen LogP contribution < -0.4 is 5.73 Å². The van der Waals surface area contributed by atoms with Crippen LogP contribution >= 0.6 is 11.8 Å². The zero-order valence-corrected chi connectivity index (χ0v) is 8.83. The highest BCUT2D eigenvalue weighted by Crippen LogP contribution is 2.06. The van der Waals surface area contributed by atoms with Gasteiger partial charge in [-0.05, 0) is 0 Å². The number of nitrogens with two attached hydrogens (primary N) is 1. The summed E-state index contributed by atoms with van der Waals surface area (Å²) in [5, 5.41) is 8.41. The molecule has 82 valence electrons. The zero-order chi connectivity index (χ0) is 11.1. The summed E-state index contributed by atoms with van der Waals surface area (Å²) in [5.41, 5.74) is 5.12. The molecule has 0 spiro atoms. The Balaban J connectivity index is 2.12. The molecule has 0 saturated heterocycles. The first-order valence-electron chi connectivity index (χ1n) is 4.29. The Morgan fingerprint density at radius 3 is 3.13 bits per heavy atom. The van der Waals surface area contributed by atoms with E-state index in [9.17, 15) is 4.79 Å². The normalized spacial score (nSPS) is 11.6. The number of nitrogens with zero attached hydrogens (tertiary/aromatic N) is 2. The summed E-state index contributed by atoms with van der Waals surface area (Å²) in [6.07, 6.45) is 3.45. The monoisotopic (exact) mass is 228 g/mol. The van der Waals surface area contributed by atoms with Crippen LogP contribution in [0.5, 0.6) is 0 Å². The minimum Gasteiger partial charge on any atom is -0.475 e. The van der Waals surface area contributed by atoms with Gasteiger partial charge in [0.2, 0.25) is 5.84 Å². The van der Waals surface area contributed by atoms with E-state index in [1.54, 1.807) is 24.2 Å². The van der Waals surface area contributed by atoms with Crippen molar-refractivity contribution in [2.75, 3.05) is 12.3 Å². The maximum Gasteiger partial charge on any atom is 0.370 e. The van der Waals surface area contributed by atoms with Crippen LogP contribution in [0.4, 0.5) is 0 Å². The lowest BCUT2D eigenvalue weighted by Crippen LogP contribution is -2.23. The van der Waals surface area contributed by atoms with Crippen molar-refractivity contribution in [3.05, 3.63) is 18.2 Å². The summed E-state index contributed by atoms with van der Waals surface area (Å²) in [6, 6.07) is 0. The predicted molar refractivity (Wildman–Crippen MR) is 58.9 cm³/mol. The third kappa shape index (κ3) is 4.50. The van der Waals surface area contributed by atoms with Gasteiger partial charge in [0.1, 0.15) is 5.82 Å². The Hall–Kier alpha value is -1.50. The van der Waals surface area contributed by atoms with Crippen molar-refractivity contribution in [1.82, 2.24) is 9.97 Å². The molecule has 0 bridgehead atoms. The molecule has 6 nitrogen and oxygen atoms in total. The molecule has 0 aliphatic rings. The molecular weight excluding hydrogens is 216 g/mol. The van der Waals surface area contributed by atoms with Crippen LogP contribution in [0.15, 0.2) is 17.4 Å². The Kier molecular flexibility index (Phi) is 4.69. The quantitative estimate of drug-likeness (QED) is 0.376. The SMILES string of the molecule is NC(=NCCSCc1ncc[nH]1)C(=O)O. The van der Waals surface area contributed by atoms with Gasteiger partial charge in [-0.3, -0.25) is 4.99 Å². The van der Waals surface area contributed by atoms with E-state index in [1.807, 2.05) is 0 Å². The highest BCUT2D eigenvalue weighted by molar-refractivity contribution is 7.98. The highest BCUT2D eigenvalue weighted by atomic mass is 32.2. The lowest BCUT2D eigenvalue weighted by atomic mass is 10.6. The largest absolute Gasteiger partial charge is 0.475 e. The van der Waals surface area contributed by atoms with Crippen LogP contribution in [0.1, 0.15) is 5.82 Å². The van der Waals surface area contributed by atoms with Gasteiger partial charge in [0.25, 0.3) is 0 Å². The van der Waals surface area contributed by atoms with Crippen molar-refractivity contribution in [2.45, 2.75) is 5.75 Å². The van der Waals surface area contributed by atoms with Crippen molar-refractivity contribution < 1.29 is 9.90 Å². The molecule has 1 aromatic rings. The summed E-state index contributed by atoms with van der Waals surface area (Å²) >= 11 is 1.62. The molecule has 1 heterocycles. The molecule has 15 heavy (non-hydrogen) atoms. The van der Waals surface area contributed by atoms with Crippen molar-refractivity contribution >= 4 is 23.6 Å². The van der Waals surface area contributed by atoms with Gasteiger partial charge in [0.05, 0.1) is 12.3 Å². The summed E-state index contributed by atoms with van der Waals surface area (Å²) in [5.74, 6) is 0.860. The van der Waals surface area contributed by atoms with E-state index in [0.29, 0.717) is 12.3 Å². The fraction of sp³-hybridized carbons (Fsp3) is 0.375.